The number of amides is 2. The maximum Gasteiger partial charge on any atom is 0.262 e. The van der Waals surface area contributed by atoms with Gasteiger partial charge in [-0.15, -0.1) is 0 Å². The van der Waals surface area contributed by atoms with Crippen molar-refractivity contribution in [2.75, 3.05) is 23.4 Å². The summed E-state index contributed by atoms with van der Waals surface area (Å²) in [5, 5.41) is 5.13. The summed E-state index contributed by atoms with van der Waals surface area (Å²) in [7, 11) is 0. The van der Waals surface area contributed by atoms with Crippen LogP contribution in [0.25, 0.3) is 10.8 Å². The monoisotopic (exact) mass is 400 g/mol. The summed E-state index contributed by atoms with van der Waals surface area (Å²) in [6.45, 7) is 0.732. The van der Waals surface area contributed by atoms with Crippen LogP contribution in [0.4, 0.5) is 11.4 Å². The first-order chi connectivity index (χ1) is 14.7. The summed E-state index contributed by atoms with van der Waals surface area (Å²) in [4.78, 5) is 26.8. The number of fused-ring (bicyclic) bond motifs is 2. The van der Waals surface area contributed by atoms with Gasteiger partial charge in [-0.1, -0.05) is 30.3 Å². The van der Waals surface area contributed by atoms with Crippen LogP contribution in [-0.4, -0.2) is 25.0 Å². The van der Waals surface area contributed by atoms with Gasteiger partial charge in [-0.25, -0.2) is 0 Å². The molecule has 152 valence electrons. The summed E-state index contributed by atoms with van der Waals surface area (Å²) in [5.74, 6) is 0.924. The third kappa shape index (κ3) is 3.88. The molecule has 1 N–H and O–H groups in total. The highest BCUT2D eigenvalue weighted by atomic mass is 16.5. The van der Waals surface area contributed by atoms with E-state index in [0.717, 1.165) is 59.9 Å². The third-order valence-electron chi connectivity index (χ3n) is 5.77. The van der Waals surface area contributed by atoms with E-state index in [9.17, 15) is 9.59 Å². The number of aryl methyl sites for hydroxylation is 1. The fraction of sp³-hybridized carbons (Fsp3) is 0.280. The molecule has 1 saturated carbocycles. The average molecular weight is 400 g/mol. The van der Waals surface area contributed by atoms with E-state index in [4.69, 9.17) is 4.74 Å². The van der Waals surface area contributed by atoms with Gasteiger partial charge in [-0.3, -0.25) is 9.59 Å². The standard InChI is InChI=1S/C25H24N2O3/c28-24(16-30-22-11-9-17-4-1-2-5-19(17)15-22)26-21-10-12-23-20(14-21)6-3-13-27(23)25(29)18-7-8-18/h1-2,4-5,9-12,14-15,18H,3,6-8,13,16H2,(H,26,28). The zero-order chi connectivity index (χ0) is 20.5. The van der Waals surface area contributed by atoms with Crippen LogP contribution >= 0.6 is 0 Å². The number of nitrogens with zero attached hydrogens (tertiary/aromatic N) is 1. The summed E-state index contributed by atoms with van der Waals surface area (Å²) in [6.07, 6.45) is 3.89. The second-order valence-corrected chi connectivity index (χ2v) is 8.06. The summed E-state index contributed by atoms with van der Waals surface area (Å²) in [5.41, 5.74) is 2.84. The van der Waals surface area contributed by atoms with Crippen LogP contribution in [0.3, 0.4) is 0 Å². The molecule has 0 spiro atoms. The predicted molar refractivity (Wildman–Crippen MR) is 118 cm³/mol. The number of ether oxygens (including phenoxy) is 1. The Labute approximate surface area is 175 Å². The Morgan fingerprint density at radius 2 is 1.83 bits per heavy atom. The van der Waals surface area contributed by atoms with Crippen molar-refractivity contribution in [2.24, 2.45) is 5.92 Å². The molecule has 5 heteroatoms. The van der Waals surface area contributed by atoms with Crippen LogP contribution < -0.4 is 15.0 Å². The molecular formula is C25H24N2O3. The van der Waals surface area contributed by atoms with Crippen molar-refractivity contribution in [2.45, 2.75) is 25.7 Å². The minimum atomic E-state index is -0.204. The maximum atomic E-state index is 12.5. The van der Waals surface area contributed by atoms with E-state index in [1.165, 1.54) is 0 Å². The Hall–Kier alpha value is -3.34. The van der Waals surface area contributed by atoms with Crippen LogP contribution in [-0.2, 0) is 16.0 Å². The quantitative estimate of drug-likeness (QED) is 0.684. The Balaban J connectivity index is 1.23. The molecule has 0 aromatic heterocycles. The zero-order valence-electron chi connectivity index (χ0n) is 16.8. The molecular weight excluding hydrogens is 376 g/mol. The molecule has 0 unspecified atom stereocenters. The van der Waals surface area contributed by atoms with Crippen molar-refractivity contribution in [3.8, 4) is 5.75 Å². The molecule has 3 aromatic carbocycles. The number of hydrogen-bond acceptors (Lipinski definition) is 3. The first-order valence-corrected chi connectivity index (χ1v) is 10.5. The fourth-order valence-electron chi connectivity index (χ4n) is 4.06. The van der Waals surface area contributed by atoms with Crippen molar-refractivity contribution in [3.63, 3.8) is 0 Å². The summed E-state index contributed by atoms with van der Waals surface area (Å²) >= 11 is 0. The van der Waals surface area contributed by atoms with E-state index in [2.05, 4.69) is 5.32 Å². The number of nitrogens with one attached hydrogen (secondary N) is 1. The van der Waals surface area contributed by atoms with E-state index < -0.39 is 0 Å². The molecule has 1 fully saturated rings. The van der Waals surface area contributed by atoms with Gasteiger partial charge < -0.3 is 15.0 Å². The normalized spacial score (nSPS) is 15.5. The topological polar surface area (TPSA) is 58.6 Å². The average Bonchev–Trinajstić information content (AvgIpc) is 3.62. The number of hydrogen-bond donors (Lipinski definition) is 1. The SMILES string of the molecule is O=C(COc1ccc2ccccc2c1)Nc1ccc2c(c1)CCCN2C(=O)C1CC1. The van der Waals surface area contributed by atoms with E-state index in [0.29, 0.717) is 5.75 Å². The van der Waals surface area contributed by atoms with Crippen LogP contribution in [0.1, 0.15) is 24.8 Å². The minimum absolute atomic E-state index is 0.0539. The molecule has 2 amide bonds. The van der Waals surface area contributed by atoms with Crippen LogP contribution in [0.2, 0.25) is 0 Å². The fourth-order valence-corrected chi connectivity index (χ4v) is 4.06. The van der Waals surface area contributed by atoms with Gasteiger partial charge in [-0.2, -0.15) is 0 Å². The molecule has 3 aromatic rings. The molecule has 1 aliphatic heterocycles. The summed E-state index contributed by atoms with van der Waals surface area (Å²) in [6, 6.07) is 19.6. The molecule has 2 aliphatic rings. The lowest BCUT2D eigenvalue weighted by Crippen LogP contribution is -2.36. The van der Waals surface area contributed by atoms with Crippen LogP contribution in [0.5, 0.6) is 5.75 Å². The van der Waals surface area contributed by atoms with Crippen molar-refractivity contribution >= 4 is 34.0 Å². The number of anilines is 2. The van der Waals surface area contributed by atoms with E-state index in [1.54, 1.807) is 0 Å². The van der Waals surface area contributed by atoms with Gasteiger partial charge in [0.1, 0.15) is 5.75 Å². The Kier molecular flexibility index (Phi) is 4.87. The minimum Gasteiger partial charge on any atom is -0.484 e. The number of carbonyl (C=O) groups is 2. The van der Waals surface area contributed by atoms with Crippen molar-refractivity contribution in [1.29, 1.82) is 0 Å². The number of benzene rings is 3. The predicted octanol–water partition coefficient (Wildman–Crippen LogP) is 4.55. The van der Waals surface area contributed by atoms with Crippen molar-refractivity contribution < 1.29 is 14.3 Å². The lowest BCUT2D eigenvalue weighted by atomic mass is 10.0. The lowest BCUT2D eigenvalue weighted by Gasteiger charge is -2.30. The highest BCUT2D eigenvalue weighted by Crippen LogP contribution is 2.36. The molecule has 1 aliphatic carbocycles. The first kappa shape index (κ1) is 18.7. The Morgan fingerprint density at radius 1 is 1.00 bits per heavy atom. The Morgan fingerprint density at radius 3 is 2.67 bits per heavy atom. The van der Waals surface area contributed by atoms with Crippen molar-refractivity contribution in [3.05, 3.63) is 66.2 Å². The van der Waals surface area contributed by atoms with Gasteiger partial charge in [0.15, 0.2) is 6.61 Å². The maximum absolute atomic E-state index is 12.5. The third-order valence-corrected chi connectivity index (χ3v) is 5.77. The smallest absolute Gasteiger partial charge is 0.262 e. The highest BCUT2D eigenvalue weighted by Gasteiger charge is 2.35. The van der Waals surface area contributed by atoms with Gasteiger partial charge in [0.25, 0.3) is 5.91 Å². The second-order valence-electron chi connectivity index (χ2n) is 8.06. The van der Waals surface area contributed by atoms with E-state index >= 15 is 0 Å². The van der Waals surface area contributed by atoms with E-state index in [1.807, 2.05) is 65.6 Å². The first-order valence-electron chi connectivity index (χ1n) is 10.5. The van der Waals surface area contributed by atoms with E-state index in [-0.39, 0.29) is 24.3 Å². The highest BCUT2D eigenvalue weighted by molar-refractivity contribution is 5.98. The molecule has 5 nitrogen and oxygen atoms in total. The second kappa shape index (κ2) is 7.82. The van der Waals surface area contributed by atoms with Gasteiger partial charge in [0.2, 0.25) is 5.91 Å². The van der Waals surface area contributed by atoms with Gasteiger partial charge >= 0.3 is 0 Å². The molecule has 5 rings (SSSR count). The largest absolute Gasteiger partial charge is 0.484 e. The van der Waals surface area contributed by atoms with Gasteiger partial charge in [-0.05, 0) is 72.4 Å². The lowest BCUT2D eigenvalue weighted by molar-refractivity contribution is -0.120. The number of rotatable bonds is 5. The van der Waals surface area contributed by atoms with Crippen LogP contribution in [0, 0.1) is 5.92 Å². The molecule has 0 atom stereocenters. The molecule has 0 saturated heterocycles. The van der Waals surface area contributed by atoms with Gasteiger partial charge in [0.05, 0.1) is 0 Å². The van der Waals surface area contributed by atoms with Gasteiger partial charge in [0, 0.05) is 23.8 Å². The number of carbonyl (C=O) groups excluding carboxylic acids is 2. The molecule has 30 heavy (non-hydrogen) atoms. The van der Waals surface area contributed by atoms with Crippen molar-refractivity contribution in [1.82, 2.24) is 0 Å². The van der Waals surface area contributed by atoms with Crippen LogP contribution in [0.15, 0.2) is 60.7 Å². The molecule has 0 radical (unpaired) electrons. The Bertz CT molecular complexity index is 1120. The molecule has 1 heterocycles. The summed E-state index contributed by atoms with van der Waals surface area (Å²) < 4.78 is 5.68. The zero-order valence-corrected chi connectivity index (χ0v) is 16.8. The molecule has 0 bridgehead atoms.